The summed E-state index contributed by atoms with van der Waals surface area (Å²) in [4.78, 5) is 16.5. The Morgan fingerprint density at radius 2 is 2.33 bits per heavy atom. The molecule has 4 rings (SSSR count). The SMILES string of the molecule is CN=C1Cc2ccc(C#N)c3c2C2C(O3)C(=O)CCC12O. The number of nitrogens with zero attached hydrogens (tertiary/aromatic N) is 2. The van der Waals surface area contributed by atoms with Crippen molar-refractivity contribution in [3.63, 3.8) is 0 Å². The van der Waals surface area contributed by atoms with E-state index in [0.29, 0.717) is 29.9 Å². The fourth-order valence-corrected chi connectivity index (χ4v) is 3.98. The van der Waals surface area contributed by atoms with Crippen LogP contribution in [-0.2, 0) is 11.2 Å². The molecular weight excluding hydrogens is 268 g/mol. The number of ether oxygens (including phenoxy) is 1. The molecule has 21 heavy (non-hydrogen) atoms. The molecule has 0 bridgehead atoms. The van der Waals surface area contributed by atoms with Crippen molar-refractivity contribution in [3.05, 3.63) is 28.8 Å². The van der Waals surface area contributed by atoms with Gasteiger partial charge >= 0.3 is 0 Å². The summed E-state index contributed by atoms with van der Waals surface area (Å²) in [6.07, 6.45) is 0.506. The number of carbonyl (C=O) groups is 1. The minimum Gasteiger partial charge on any atom is -0.480 e. The van der Waals surface area contributed by atoms with Crippen LogP contribution in [0.15, 0.2) is 17.1 Å². The minimum absolute atomic E-state index is 0.00642. The molecule has 1 aliphatic heterocycles. The summed E-state index contributed by atoms with van der Waals surface area (Å²) >= 11 is 0. The molecule has 0 aromatic heterocycles. The van der Waals surface area contributed by atoms with E-state index in [1.54, 1.807) is 13.1 Å². The van der Waals surface area contributed by atoms with Crippen molar-refractivity contribution < 1.29 is 14.6 Å². The van der Waals surface area contributed by atoms with Crippen LogP contribution in [0.1, 0.15) is 35.4 Å². The molecule has 1 saturated carbocycles. The van der Waals surface area contributed by atoms with Crippen molar-refractivity contribution >= 4 is 11.5 Å². The van der Waals surface area contributed by atoms with Gasteiger partial charge in [0.25, 0.3) is 0 Å². The van der Waals surface area contributed by atoms with Gasteiger partial charge in [0.1, 0.15) is 17.4 Å². The predicted molar refractivity (Wildman–Crippen MR) is 74.6 cm³/mol. The monoisotopic (exact) mass is 282 g/mol. The molecule has 5 nitrogen and oxygen atoms in total. The molecule has 106 valence electrons. The first-order chi connectivity index (χ1) is 10.1. The van der Waals surface area contributed by atoms with Gasteiger partial charge < -0.3 is 9.84 Å². The lowest BCUT2D eigenvalue weighted by Crippen LogP contribution is -2.56. The Morgan fingerprint density at radius 1 is 1.52 bits per heavy atom. The van der Waals surface area contributed by atoms with Gasteiger partial charge in [0.15, 0.2) is 11.9 Å². The smallest absolute Gasteiger partial charge is 0.174 e. The maximum atomic E-state index is 12.2. The number of nitriles is 1. The molecule has 3 aliphatic rings. The lowest BCUT2D eigenvalue weighted by molar-refractivity contribution is -0.133. The largest absolute Gasteiger partial charge is 0.480 e. The molecule has 0 radical (unpaired) electrons. The van der Waals surface area contributed by atoms with Gasteiger partial charge in [-0.3, -0.25) is 9.79 Å². The molecule has 1 fully saturated rings. The Morgan fingerprint density at radius 3 is 3.05 bits per heavy atom. The van der Waals surface area contributed by atoms with E-state index in [0.717, 1.165) is 11.1 Å². The van der Waals surface area contributed by atoms with E-state index in [1.165, 1.54) is 0 Å². The highest BCUT2D eigenvalue weighted by Gasteiger charge is 2.59. The van der Waals surface area contributed by atoms with Crippen LogP contribution in [0.3, 0.4) is 0 Å². The molecule has 5 heteroatoms. The second-order valence-electron chi connectivity index (χ2n) is 5.88. The molecule has 0 spiro atoms. The second kappa shape index (κ2) is 3.92. The number of hydrogen-bond donors (Lipinski definition) is 1. The molecule has 1 N–H and O–H groups in total. The van der Waals surface area contributed by atoms with Gasteiger partial charge in [-0.25, -0.2) is 0 Å². The fourth-order valence-electron chi connectivity index (χ4n) is 3.98. The van der Waals surface area contributed by atoms with E-state index in [4.69, 9.17) is 4.74 Å². The second-order valence-corrected chi connectivity index (χ2v) is 5.88. The molecule has 0 saturated heterocycles. The molecular formula is C16H14N2O3. The Balaban J connectivity index is 2.03. The van der Waals surface area contributed by atoms with Crippen LogP contribution < -0.4 is 4.74 Å². The number of rotatable bonds is 0. The summed E-state index contributed by atoms with van der Waals surface area (Å²) < 4.78 is 5.81. The number of benzene rings is 1. The van der Waals surface area contributed by atoms with Crippen molar-refractivity contribution in [1.82, 2.24) is 0 Å². The fraction of sp³-hybridized carbons (Fsp3) is 0.438. The van der Waals surface area contributed by atoms with E-state index < -0.39 is 17.6 Å². The van der Waals surface area contributed by atoms with E-state index >= 15 is 0 Å². The number of hydrogen-bond acceptors (Lipinski definition) is 5. The quantitative estimate of drug-likeness (QED) is 0.773. The summed E-state index contributed by atoms with van der Waals surface area (Å²) in [5, 5.41) is 20.4. The zero-order chi connectivity index (χ0) is 14.8. The minimum atomic E-state index is -1.13. The first kappa shape index (κ1) is 12.5. The van der Waals surface area contributed by atoms with E-state index in [9.17, 15) is 15.2 Å². The van der Waals surface area contributed by atoms with Crippen LogP contribution in [-0.4, -0.2) is 35.4 Å². The molecule has 3 unspecified atom stereocenters. The van der Waals surface area contributed by atoms with E-state index in [-0.39, 0.29) is 12.2 Å². The van der Waals surface area contributed by atoms with Crippen LogP contribution in [0.2, 0.25) is 0 Å². The van der Waals surface area contributed by atoms with Crippen LogP contribution in [0.5, 0.6) is 5.75 Å². The first-order valence-corrected chi connectivity index (χ1v) is 7.04. The molecule has 1 heterocycles. The van der Waals surface area contributed by atoms with Gasteiger partial charge in [-0.15, -0.1) is 0 Å². The summed E-state index contributed by atoms with van der Waals surface area (Å²) in [6, 6.07) is 5.71. The van der Waals surface area contributed by atoms with Gasteiger partial charge in [-0.1, -0.05) is 6.07 Å². The average molecular weight is 282 g/mol. The van der Waals surface area contributed by atoms with E-state index in [1.807, 2.05) is 6.07 Å². The summed E-state index contributed by atoms with van der Waals surface area (Å²) in [7, 11) is 1.67. The van der Waals surface area contributed by atoms with Crippen LogP contribution in [0.25, 0.3) is 0 Å². The maximum absolute atomic E-state index is 12.2. The van der Waals surface area contributed by atoms with Gasteiger partial charge in [0, 0.05) is 31.2 Å². The summed E-state index contributed by atoms with van der Waals surface area (Å²) in [5.74, 6) is 0.0476. The van der Waals surface area contributed by atoms with E-state index in [2.05, 4.69) is 11.1 Å². The van der Waals surface area contributed by atoms with Gasteiger partial charge in [-0.2, -0.15) is 5.26 Å². The number of Topliss-reactive ketones (excluding diaryl/α,β-unsaturated/α-hetero) is 1. The van der Waals surface area contributed by atoms with Crippen molar-refractivity contribution in [2.75, 3.05) is 7.05 Å². The van der Waals surface area contributed by atoms with Crippen LogP contribution >= 0.6 is 0 Å². The van der Waals surface area contributed by atoms with Crippen molar-refractivity contribution in [2.45, 2.75) is 36.9 Å². The summed E-state index contributed by atoms with van der Waals surface area (Å²) in [5.41, 5.74) is 1.84. The number of aliphatic imine (C=N–C) groups is 1. The Kier molecular flexibility index (Phi) is 2.34. The zero-order valence-corrected chi connectivity index (χ0v) is 11.6. The molecule has 1 aromatic carbocycles. The third kappa shape index (κ3) is 1.38. The lowest BCUT2D eigenvalue weighted by atomic mass is 9.63. The standard InChI is InChI=1S/C16H14N2O3/c1-18-11-6-8-2-3-9(7-17)14-12(8)13-15(21-14)10(19)4-5-16(11,13)20/h2-3,13,15,20H,4-6H2,1H3. The third-order valence-electron chi connectivity index (χ3n) is 4.98. The highest BCUT2D eigenvalue weighted by atomic mass is 16.5. The molecule has 3 atom stereocenters. The lowest BCUT2D eigenvalue weighted by Gasteiger charge is -2.43. The number of carbonyl (C=O) groups excluding carboxylic acids is 1. The van der Waals surface area contributed by atoms with Gasteiger partial charge in [-0.05, 0) is 18.1 Å². The zero-order valence-electron chi connectivity index (χ0n) is 11.6. The molecule has 0 amide bonds. The highest BCUT2D eigenvalue weighted by Crippen LogP contribution is 2.55. The summed E-state index contributed by atoms with van der Waals surface area (Å²) in [6.45, 7) is 0. The van der Waals surface area contributed by atoms with Crippen molar-refractivity contribution in [3.8, 4) is 11.8 Å². The predicted octanol–water partition coefficient (Wildman–Crippen LogP) is 1.12. The normalized spacial score (nSPS) is 34.3. The maximum Gasteiger partial charge on any atom is 0.174 e. The topological polar surface area (TPSA) is 82.7 Å². The Bertz CT molecular complexity index is 747. The number of aliphatic hydroxyl groups is 1. The van der Waals surface area contributed by atoms with Gasteiger partial charge in [0.2, 0.25) is 0 Å². The van der Waals surface area contributed by atoms with Gasteiger partial charge in [0.05, 0.1) is 11.5 Å². The van der Waals surface area contributed by atoms with Crippen LogP contribution in [0.4, 0.5) is 0 Å². The Hall–Kier alpha value is -2.19. The Labute approximate surface area is 121 Å². The van der Waals surface area contributed by atoms with Crippen molar-refractivity contribution in [2.24, 2.45) is 4.99 Å². The number of ketones is 1. The van der Waals surface area contributed by atoms with Crippen molar-refractivity contribution in [1.29, 1.82) is 5.26 Å². The third-order valence-corrected chi connectivity index (χ3v) is 4.98. The van der Waals surface area contributed by atoms with Crippen LogP contribution in [0, 0.1) is 11.3 Å². The average Bonchev–Trinajstić information content (AvgIpc) is 2.91. The molecule has 1 aromatic rings. The highest BCUT2D eigenvalue weighted by molar-refractivity contribution is 6.02. The molecule has 2 aliphatic carbocycles. The first-order valence-electron chi connectivity index (χ1n) is 7.04.